The number of amides is 2. The third-order valence-corrected chi connectivity index (χ3v) is 3.07. The molecule has 0 unspecified atom stereocenters. The van der Waals surface area contributed by atoms with Crippen LogP contribution in [0.3, 0.4) is 0 Å². The molecule has 0 saturated carbocycles. The first kappa shape index (κ1) is 15.1. The second-order valence-electron chi connectivity index (χ2n) is 3.91. The Balaban J connectivity index is 2.06. The van der Waals surface area contributed by atoms with Crippen molar-refractivity contribution in [1.29, 1.82) is 0 Å². The van der Waals surface area contributed by atoms with Gasteiger partial charge in [-0.25, -0.2) is 14.6 Å². The first-order valence-corrected chi connectivity index (χ1v) is 6.44. The number of carboxylic acid groups (broad SMARTS) is 1. The number of hydrogen-bond donors (Lipinski definition) is 3. The number of aromatic nitrogens is 1. The molecule has 0 aliphatic rings. The molecule has 2 amide bonds. The molecule has 3 N–H and O–H groups in total. The maximum absolute atomic E-state index is 11.8. The van der Waals surface area contributed by atoms with Gasteiger partial charge in [-0.15, -0.1) is 0 Å². The van der Waals surface area contributed by atoms with E-state index in [4.69, 9.17) is 28.3 Å². The first-order chi connectivity index (χ1) is 9.97. The fourth-order valence-corrected chi connectivity index (χ4v) is 1.98. The highest BCUT2D eigenvalue weighted by Gasteiger charge is 2.10. The van der Waals surface area contributed by atoms with Crippen molar-refractivity contribution in [2.45, 2.75) is 0 Å². The van der Waals surface area contributed by atoms with Crippen molar-refractivity contribution in [2.24, 2.45) is 0 Å². The molecule has 0 fully saturated rings. The number of anilines is 2. The van der Waals surface area contributed by atoms with Crippen LogP contribution in [0, 0.1) is 0 Å². The van der Waals surface area contributed by atoms with E-state index < -0.39 is 12.0 Å². The van der Waals surface area contributed by atoms with E-state index in [2.05, 4.69) is 15.6 Å². The van der Waals surface area contributed by atoms with E-state index in [9.17, 15) is 9.59 Å². The summed E-state index contributed by atoms with van der Waals surface area (Å²) in [5.74, 6) is -1.14. The van der Waals surface area contributed by atoms with Gasteiger partial charge in [-0.3, -0.25) is 0 Å². The summed E-state index contributed by atoms with van der Waals surface area (Å²) in [5.41, 5.74) is 0.504. The second kappa shape index (κ2) is 6.43. The Bertz CT molecular complexity index is 669. The minimum atomic E-state index is -1.14. The number of hydrogen-bond acceptors (Lipinski definition) is 3. The molecule has 0 bridgehead atoms. The molecule has 2 aromatic rings. The standard InChI is InChI=1S/C13H9Cl2N3O3/c14-8-2-1-3-9(15)11(8)18-13(21)17-7-4-5-10(12(19)20)16-6-7/h1-6H,(H,19,20)(H2,17,18,21). The molecule has 0 radical (unpaired) electrons. The van der Waals surface area contributed by atoms with Crippen LogP contribution in [0.1, 0.15) is 10.5 Å². The molecule has 1 heterocycles. The van der Waals surface area contributed by atoms with Crippen LogP contribution in [0.5, 0.6) is 0 Å². The molecule has 21 heavy (non-hydrogen) atoms. The maximum Gasteiger partial charge on any atom is 0.354 e. The number of benzene rings is 1. The van der Waals surface area contributed by atoms with E-state index in [0.717, 1.165) is 0 Å². The maximum atomic E-state index is 11.8. The average Bonchev–Trinajstić information content (AvgIpc) is 2.43. The minimum absolute atomic E-state index is 0.116. The SMILES string of the molecule is O=C(Nc1ccc(C(=O)O)nc1)Nc1c(Cl)cccc1Cl. The van der Waals surface area contributed by atoms with Gasteiger partial charge in [0.2, 0.25) is 0 Å². The molecular formula is C13H9Cl2N3O3. The summed E-state index contributed by atoms with van der Waals surface area (Å²) in [6, 6.07) is 6.96. The summed E-state index contributed by atoms with van der Waals surface area (Å²) in [6.07, 6.45) is 1.23. The normalized spacial score (nSPS) is 10.0. The van der Waals surface area contributed by atoms with Gasteiger partial charge >= 0.3 is 12.0 Å². The summed E-state index contributed by atoms with van der Waals surface area (Å²) in [6.45, 7) is 0. The van der Waals surface area contributed by atoms with Gasteiger partial charge in [0.15, 0.2) is 0 Å². The number of rotatable bonds is 3. The first-order valence-electron chi connectivity index (χ1n) is 5.69. The van der Waals surface area contributed by atoms with Gasteiger partial charge in [-0.05, 0) is 24.3 Å². The molecule has 8 heteroatoms. The predicted molar refractivity (Wildman–Crippen MR) is 80.3 cm³/mol. The van der Waals surface area contributed by atoms with Gasteiger partial charge in [-0.1, -0.05) is 29.3 Å². The van der Waals surface area contributed by atoms with Crippen molar-refractivity contribution in [3.8, 4) is 0 Å². The number of carbonyl (C=O) groups is 2. The fraction of sp³-hybridized carbons (Fsp3) is 0. The molecule has 0 atom stereocenters. The summed E-state index contributed by atoms with van der Waals surface area (Å²) < 4.78 is 0. The van der Waals surface area contributed by atoms with Crippen LogP contribution in [0.25, 0.3) is 0 Å². The topological polar surface area (TPSA) is 91.3 Å². The van der Waals surface area contributed by atoms with Gasteiger partial charge < -0.3 is 15.7 Å². The van der Waals surface area contributed by atoms with Crippen molar-refractivity contribution < 1.29 is 14.7 Å². The molecule has 1 aromatic carbocycles. The zero-order valence-electron chi connectivity index (χ0n) is 10.4. The van der Waals surface area contributed by atoms with E-state index in [0.29, 0.717) is 15.7 Å². The van der Waals surface area contributed by atoms with Gasteiger partial charge in [0.25, 0.3) is 0 Å². The number of carboxylic acids is 1. The van der Waals surface area contributed by atoms with Crippen LogP contribution in [0.15, 0.2) is 36.5 Å². The van der Waals surface area contributed by atoms with E-state index in [-0.39, 0.29) is 11.4 Å². The highest BCUT2D eigenvalue weighted by atomic mass is 35.5. The summed E-state index contributed by atoms with van der Waals surface area (Å²) in [7, 11) is 0. The number of para-hydroxylation sites is 1. The number of carbonyl (C=O) groups excluding carboxylic acids is 1. The van der Waals surface area contributed by atoms with Crippen molar-refractivity contribution in [2.75, 3.05) is 10.6 Å². The van der Waals surface area contributed by atoms with Crippen LogP contribution < -0.4 is 10.6 Å². The third kappa shape index (κ3) is 3.84. The highest BCUT2D eigenvalue weighted by molar-refractivity contribution is 6.39. The van der Waals surface area contributed by atoms with Crippen molar-refractivity contribution >= 4 is 46.6 Å². The molecule has 1 aromatic heterocycles. The zero-order chi connectivity index (χ0) is 15.4. The van der Waals surface area contributed by atoms with Crippen molar-refractivity contribution in [1.82, 2.24) is 4.98 Å². The lowest BCUT2D eigenvalue weighted by atomic mass is 10.3. The lowest BCUT2D eigenvalue weighted by molar-refractivity contribution is 0.0690. The number of halogens is 2. The molecule has 0 saturated heterocycles. The van der Waals surface area contributed by atoms with Crippen LogP contribution in [0.4, 0.5) is 16.2 Å². The summed E-state index contributed by atoms with van der Waals surface area (Å²) in [5, 5.41) is 14.3. The lowest BCUT2D eigenvalue weighted by Crippen LogP contribution is -2.20. The number of urea groups is 1. The van der Waals surface area contributed by atoms with Gasteiger partial charge in [0.1, 0.15) is 5.69 Å². The van der Waals surface area contributed by atoms with E-state index in [1.165, 1.54) is 18.3 Å². The fourth-order valence-electron chi connectivity index (χ4n) is 1.49. The molecule has 0 spiro atoms. The van der Waals surface area contributed by atoms with Gasteiger partial charge in [0.05, 0.1) is 27.6 Å². The monoisotopic (exact) mass is 325 g/mol. The van der Waals surface area contributed by atoms with Crippen molar-refractivity contribution in [3.63, 3.8) is 0 Å². The van der Waals surface area contributed by atoms with Gasteiger partial charge in [0, 0.05) is 0 Å². The van der Waals surface area contributed by atoms with Crippen molar-refractivity contribution in [3.05, 3.63) is 52.3 Å². The largest absolute Gasteiger partial charge is 0.477 e. The number of aromatic carboxylic acids is 1. The number of nitrogens with one attached hydrogen (secondary N) is 2. The molecule has 0 aliphatic carbocycles. The van der Waals surface area contributed by atoms with Crippen LogP contribution in [-0.4, -0.2) is 22.1 Å². The third-order valence-electron chi connectivity index (χ3n) is 2.44. The Labute approximate surface area is 129 Å². The Morgan fingerprint density at radius 1 is 1.05 bits per heavy atom. The van der Waals surface area contributed by atoms with E-state index >= 15 is 0 Å². The van der Waals surface area contributed by atoms with Crippen LogP contribution in [-0.2, 0) is 0 Å². The zero-order valence-corrected chi connectivity index (χ0v) is 11.9. The van der Waals surface area contributed by atoms with Crippen LogP contribution in [0.2, 0.25) is 10.0 Å². The molecule has 2 rings (SSSR count). The Kier molecular flexibility index (Phi) is 4.62. The quantitative estimate of drug-likeness (QED) is 0.801. The number of nitrogens with zero attached hydrogens (tertiary/aromatic N) is 1. The average molecular weight is 326 g/mol. The Hall–Kier alpha value is -2.31. The number of pyridine rings is 1. The van der Waals surface area contributed by atoms with Gasteiger partial charge in [-0.2, -0.15) is 0 Å². The highest BCUT2D eigenvalue weighted by Crippen LogP contribution is 2.29. The summed E-state index contributed by atoms with van der Waals surface area (Å²) >= 11 is 11.9. The molecule has 0 aliphatic heterocycles. The Morgan fingerprint density at radius 3 is 2.24 bits per heavy atom. The lowest BCUT2D eigenvalue weighted by Gasteiger charge is -2.10. The molecular weight excluding hydrogens is 317 g/mol. The smallest absolute Gasteiger partial charge is 0.354 e. The molecule has 108 valence electrons. The minimum Gasteiger partial charge on any atom is -0.477 e. The van der Waals surface area contributed by atoms with Crippen LogP contribution >= 0.6 is 23.2 Å². The predicted octanol–water partition coefficient (Wildman–Crippen LogP) is 3.73. The van der Waals surface area contributed by atoms with E-state index in [1.54, 1.807) is 18.2 Å². The molecule has 6 nitrogen and oxygen atoms in total. The second-order valence-corrected chi connectivity index (χ2v) is 4.73. The van der Waals surface area contributed by atoms with E-state index in [1.807, 2.05) is 0 Å². The Morgan fingerprint density at radius 2 is 1.71 bits per heavy atom. The summed E-state index contributed by atoms with van der Waals surface area (Å²) in [4.78, 5) is 26.2.